The van der Waals surface area contributed by atoms with Gasteiger partial charge in [0.25, 0.3) is 0 Å². The van der Waals surface area contributed by atoms with Gasteiger partial charge in [-0.3, -0.25) is 4.99 Å². The van der Waals surface area contributed by atoms with Crippen LogP contribution in [0.3, 0.4) is 0 Å². The van der Waals surface area contributed by atoms with Gasteiger partial charge in [-0.25, -0.2) is 0 Å². The van der Waals surface area contributed by atoms with Crippen LogP contribution in [-0.4, -0.2) is 12.8 Å². The minimum atomic E-state index is 0.809. The topological polar surface area (TPSA) is 12.4 Å². The lowest BCUT2D eigenvalue weighted by atomic mass is 10.1. The van der Waals surface area contributed by atoms with Gasteiger partial charge < -0.3 is 0 Å². The molecule has 1 rings (SSSR count). The molecule has 0 saturated heterocycles. The lowest BCUT2D eigenvalue weighted by Gasteiger charge is -2.01. The number of aliphatic imine (C=N–C) groups is 1. The first-order valence-corrected chi connectivity index (χ1v) is 5.24. The molecule has 0 aromatic carbocycles. The fourth-order valence-electron chi connectivity index (χ4n) is 1.32. The zero-order chi connectivity index (χ0) is 10.9. The van der Waals surface area contributed by atoms with Crippen LogP contribution in [-0.2, 0) is 0 Å². The van der Waals surface area contributed by atoms with Crippen molar-refractivity contribution in [2.24, 2.45) is 4.99 Å². The molecule has 0 amide bonds. The van der Waals surface area contributed by atoms with Gasteiger partial charge in [0, 0.05) is 12.8 Å². The smallest absolute Gasteiger partial charge is 0.0361 e. The Balaban J connectivity index is 2.89. The van der Waals surface area contributed by atoms with Crippen molar-refractivity contribution < 1.29 is 0 Å². The highest BCUT2D eigenvalue weighted by Gasteiger charge is 1.98. The zero-order valence-electron chi connectivity index (χ0n) is 9.19. The van der Waals surface area contributed by atoms with Gasteiger partial charge in [0.15, 0.2) is 0 Å². The molecule has 0 saturated carbocycles. The van der Waals surface area contributed by atoms with Crippen molar-refractivity contribution >= 4 is 6.21 Å². The molecule has 0 heterocycles. The van der Waals surface area contributed by atoms with Gasteiger partial charge in [-0.1, -0.05) is 49.1 Å². The van der Waals surface area contributed by atoms with E-state index in [2.05, 4.69) is 42.0 Å². The summed E-state index contributed by atoms with van der Waals surface area (Å²) in [5.74, 6) is 0. The van der Waals surface area contributed by atoms with Crippen LogP contribution in [0.25, 0.3) is 0 Å². The van der Waals surface area contributed by atoms with Gasteiger partial charge >= 0.3 is 0 Å². The first kappa shape index (κ1) is 11.4. The maximum atomic E-state index is 4.26. The Morgan fingerprint density at radius 2 is 2.40 bits per heavy atom. The largest absolute Gasteiger partial charge is 0.293 e. The van der Waals surface area contributed by atoms with Crippen LogP contribution < -0.4 is 0 Å². The second-order valence-electron chi connectivity index (χ2n) is 3.17. The maximum absolute atomic E-state index is 4.26. The normalized spacial score (nSPS) is 16.6. The third-order valence-corrected chi connectivity index (χ3v) is 2.04. The lowest BCUT2D eigenvalue weighted by molar-refractivity contribution is 1.14. The average molecular weight is 199 g/mol. The number of nitrogens with zero attached hydrogens (tertiary/aromatic N) is 1. The van der Waals surface area contributed by atoms with Gasteiger partial charge in [-0.05, 0) is 24.5 Å². The van der Waals surface area contributed by atoms with E-state index in [1.165, 1.54) is 5.57 Å². The molecular formula is C14H17N. The molecule has 78 valence electrons. The van der Waals surface area contributed by atoms with Crippen molar-refractivity contribution in [1.82, 2.24) is 0 Å². The van der Waals surface area contributed by atoms with Crippen LogP contribution in [0.1, 0.15) is 13.3 Å². The van der Waals surface area contributed by atoms with Crippen molar-refractivity contribution in [1.29, 1.82) is 0 Å². The summed E-state index contributed by atoms with van der Waals surface area (Å²) in [6.07, 6.45) is 17.2. The van der Waals surface area contributed by atoms with E-state index in [1.54, 1.807) is 6.08 Å². The number of hydrogen-bond acceptors (Lipinski definition) is 1. The monoisotopic (exact) mass is 199 g/mol. The quantitative estimate of drug-likeness (QED) is 0.484. The molecule has 0 radical (unpaired) electrons. The van der Waals surface area contributed by atoms with E-state index in [9.17, 15) is 0 Å². The first-order valence-electron chi connectivity index (χ1n) is 5.24. The van der Waals surface area contributed by atoms with Crippen molar-refractivity contribution in [3.8, 4) is 0 Å². The van der Waals surface area contributed by atoms with E-state index >= 15 is 0 Å². The lowest BCUT2D eigenvalue weighted by Crippen LogP contribution is -1.89. The van der Waals surface area contributed by atoms with Crippen molar-refractivity contribution in [2.45, 2.75) is 13.3 Å². The molecule has 0 aliphatic heterocycles. The van der Waals surface area contributed by atoms with Gasteiger partial charge in [0.2, 0.25) is 0 Å². The van der Waals surface area contributed by atoms with E-state index in [1.807, 2.05) is 19.2 Å². The third-order valence-electron chi connectivity index (χ3n) is 2.04. The summed E-state index contributed by atoms with van der Waals surface area (Å²) in [6, 6.07) is 0. The predicted octanol–water partition coefficient (Wildman–Crippen LogP) is 3.63. The Labute approximate surface area is 91.9 Å². The fourth-order valence-corrected chi connectivity index (χ4v) is 1.32. The summed E-state index contributed by atoms with van der Waals surface area (Å²) < 4.78 is 0. The second kappa shape index (κ2) is 6.77. The van der Waals surface area contributed by atoms with E-state index in [-0.39, 0.29) is 0 Å². The van der Waals surface area contributed by atoms with Gasteiger partial charge in [0.1, 0.15) is 0 Å². The summed E-state index contributed by atoms with van der Waals surface area (Å²) >= 11 is 0. The average Bonchev–Trinajstić information content (AvgIpc) is 2.52. The first-order chi connectivity index (χ1) is 7.38. The second-order valence-corrected chi connectivity index (χ2v) is 3.17. The molecule has 0 fully saturated rings. The molecule has 1 nitrogen and oxygen atoms in total. The van der Waals surface area contributed by atoms with Crippen LogP contribution in [0.5, 0.6) is 0 Å². The van der Waals surface area contributed by atoms with Crippen molar-refractivity contribution in [2.75, 3.05) is 6.54 Å². The molecule has 0 atom stereocenters. The molecule has 0 aromatic heterocycles. The highest BCUT2D eigenvalue weighted by molar-refractivity contribution is 5.86. The molecule has 0 spiro atoms. The van der Waals surface area contributed by atoms with Gasteiger partial charge in [-0.15, -0.1) is 0 Å². The molecule has 0 aromatic rings. The van der Waals surface area contributed by atoms with Crippen molar-refractivity contribution in [3.63, 3.8) is 0 Å². The third kappa shape index (κ3) is 3.94. The summed E-state index contributed by atoms with van der Waals surface area (Å²) in [7, 11) is 0. The van der Waals surface area contributed by atoms with Gasteiger partial charge in [0.05, 0.1) is 0 Å². The van der Waals surface area contributed by atoms with Crippen LogP contribution >= 0.6 is 0 Å². The Kier molecular flexibility index (Phi) is 5.16. The van der Waals surface area contributed by atoms with E-state index in [4.69, 9.17) is 0 Å². The Morgan fingerprint density at radius 3 is 3.13 bits per heavy atom. The number of allylic oxidation sites excluding steroid dienone is 9. The van der Waals surface area contributed by atoms with Crippen LogP contribution in [0.4, 0.5) is 0 Å². The summed E-state index contributed by atoms with van der Waals surface area (Å²) in [5, 5.41) is 0. The van der Waals surface area contributed by atoms with E-state index in [0.29, 0.717) is 0 Å². The minimum absolute atomic E-state index is 0.809. The molecule has 1 aliphatic carbocycles. The SMILES string of the molecule is C=C/C=C(\C=NCC)C1=CCC=CC=C1. The fraction of sp³-hybridized carbons (Fsp3) is 0.214. The van der Waals surface area contributed by atoms with E-state index in [0.717, 1.165) is 18.5 Å². The molecule has 1 aliphatic rings. The predicted molar refractivity (Wildman–Crippen MR) is 68.3 cm³/mol. The Bertz CT molecular complexity index is 352. The van der Waals surface area contributed by atoms with Crippen LogP contribution in [0.2, 0.25) is 0 Å². The van der Waals surface area contributed by atoms with Crippen molar-refractivity contribution in [3.05, 3.63) is 60.3 Å². The van der Waals surface area contributed by atoms with Crippen LogP contribution in [0, 0.1) is 0 Å². The number of hydrogen-bond donors (Lipinski definition) is 0. The summed E-state index contributed by atoms with van der Waals surface area (Å²) in [5.41, 5.74) is 2.32. The van der Waals surface area contributed by atoms with Crippen LogP contribution in [0.15, 0.2) is 65.2 Å². The molecule has 1 heteroatoms. The van der Waals surface area contributed by atoms with E-state index < -0.39 is 0 Å². The number of rotatable bonds is 4. The zero-order valence-corrected chi connectivity index (χ0v) is 9.19. The minimum Gasteiger partial charge on any atom is -0.293 e. The molecule has 0 bridgehead atoms. The molecule has 0 unspecified atom stereocenters. The molecular weight excluding hydrogens is 182 g/mol. The Morgan fingerprint density at radius 1 is 1.53 bits per heavy atom. The summed E-state index contributed by atoms with van der Waals surface area (Å²) in [4.78, 5) is 4.26. The highest BCUT2D eigenvalue weighted by Crippen LogP contribution is 2.14. The van der Waals surface area contributed by atoms with Gasteiger partial charge in [-0.2, -0.15) is 0 Å². The summed E-state index contributed by atoms with van der Waals surface area (Å²) in [6.45, 7) is 6.56. The highest BCUT2D eigenvalue weighted by atomic mass is 14.7. The Hall–Kier alpha value is -1.63. The molecule has 15 heavy (non-hydrogen) atoms. The standard InChI is InChI=1S/C14H17N/c1-3-9-14(12-15-4-2)13-10-7-5-6-8-11-13/h3,5-7,9-12H,1,4,8H2,2H3/b14-9+,15-12?. The molecule has 0 N–H and O–H groups in total. The maximum Gasteiger partial charge on any atom is 0.0361 e.